The van der Waals surface area contributed by atoms with Crippen LogP contribution in [0.4, 0.5) is 4.39 Å². The Balaban J connectivity index is 3.04. The van der Waals surface area contributed by atoms with Gasteiger partial charge in [0.15, 0.2) is 0 Å². The zero-order valence-electron chi connectivity index (χ0n) is 11.5. The number of carbonyl (C=O) groups is 1. The topological polar surface area (TPSA) is 53.3 Å². The second-order valence-corrected chi connectivity index (χ2v) is 4.92. The third kappa shape index (κ3) is 3.30. The van der Waals surface area contributed by atoms with Gasteiger partial charge in [0.25, 0.3) is 5.91 Å². The van der Waals surface area contributed by atoms with Gasteiger partial charge < -0.3 is 9.64 Å². The van der Waals surface area contributed by atoms with E-state index >= 15 is 0 Å². The molecule has 0 atom stereocenters. The van der Waals surface area contributed by atoms with Crippen molar-refractivity contribution < 1.29 is 13.9 Å². The van der Waals surface area contributed by atoms with E-state index in [4.69, 9.17) is 10.00 Å². The van der Waals surface area contributed by atoms with Gasteiger partial charge in [0.1, 0.15) is 11.9 Å². The molecule has 0 saturated carbocycles. The van der Waals surface area contributed by atoms with Crippen molar-refractivity contribution in [2.75, 3.05) is 20.8 Å². The Morgan fingerprint density at radius 3 is 2.68 bits per heavy atom. The molecule has 1 aromatic rings. The van der Waals surface area contributed by atoms with Crippen molar-refractivity contribution in [2.24, 2.45) is 0 Å². The van der Waals surface area contributed by atoms with Crippen molar-refractivity contribution in [1.29, 1.82) is 5.26 Å². The fraction of sp³-hybridized carbons (Fsp3) is 0.429. The minimum absolute atomic E-state index is 0.135. The van der Waals surface area contributed by atoms with Crippen LogP contribution in [0.2, 0.25) is 0 Å². The van der Waals surface area contributed by atoms with Crippen LogP contribution in [0.15, 0.2) is 18.2 Å². The van der Waals surface area contributed by atoms with Gasteiger partial charge in [-0.25, -0.2) is 4.39 Å². The van der Waals surface area contributed by atoms with Gasteiger partial charge in [-0.05, 0) is 32.0 Å². The first-order chi connectivity index (χ1) is 8.83. The quantitative estimate of drug-likeness (QED) is 0.837. The highest BCUT2D eigenvalue weighted by atomic mass is 19.1. The molecule has 0 unspecified atom stereocenters. The van der Waals surface area contributed by atoms with Crippen molar-refractivity contribution in [3.63, 3.8) is 0 Å². The molecule has 0 fully saturated rings. The Kier molecular flexibility index (Phi) is 4.62. The largest absolute Gasteiger partial charge is 0.382 e. The molecular weight excluding hydrogens is 247 g/mol. The predicted molar refractivity (Wildman–Crippen MR) is 69.2 cm³/mol. The molecule has 5 heteroatoms. The molecule has 0 bridgehead atoms. The number of nitrogens with zero attached hydrogens (tertiary/aromatic N) is 2. The average Bonchev–Trinajstić information content (AvgIpc) is 2.37. The minimum Gasteiger partial charge on any atom is -0.382 e. The van der Waals surface area contributed by atoms with Crippen LogP contribution < -0.4 is 0 Å². The standard InChI is InChI=1S/C14H17FN2O2/c1-14(2,9-19-4)17(3)13(18)10-5-6-12(15)11(7-10)8-16/h5-7H,9H2,1-4H3. The fourth-order valence-electron chi connectivity index (χ4n) is 1.66. The molecule has 0 aliphatic carbocycles. The molecular formula is C14H17FN2O2. The van der Waals surface area contributed by atoms with Crippen LogP contribution in [0.25, 0.3) is 0 Å². The highest BCUT2D eigenvalue weighted by Gasteiger charge is 2.28. The summed E-state index contributed by atoms with van der Waals surface area (Å²) in [5.74, 6) is -0.906. The summed E-state index contributed by atoms with van der Waals surface area (Å²) >= 11 is 0. The molecule has 0 aromatic heterocycles. The van der Waals surface area contributed by atoms with Crippen molar-refractivity contribution in [3.05, 3.63) is 35.1 Å². The van der Waals surface area contributed by atoms with Crippen molar-refractivity contribution in [1.82, 2.24) is 4.90 Å². The lowest BCUT2D eigenvalue weighted by molar-refractivity contribution is 0.0366. The van der Waals surface area contributed by atoms with Crippen LogP contribution in [-0.4, -0.2) is 37.1 Å². The Bertz CT molecular complexity index is 521. The van der Waals surface area contributed by atoms with Gasteiger partial charge in [0, 0.05) is 19.7 Å². The van der Waals surface area contributed by atoms with E-state index in [0.29, 0.717) is 6.61 Å². The van der Waals surface area contributed by atoms with Crippen LogP contribution in [0, 0.1) is 17.1 Å². The molecule has 1 aromatic carbocycles. The molecule has 0 aliphatic rings. The van der Waals surface area contributed by atoms with E-state index in [9.17, 15) is 9.18 Å². The highest BCUT2D eigenvalue weighted by molar-refractivity contribution is 5.94. The van der Waals surface area contributed by atoms with Gasteiger partial charge in [0.05, 0.1) is 17.7 Å². The normalized spacial score (nSPS) is 10.9. The monoisotopic (exact) mass is 264 g/mol. The van der Waals surface area contributed by atoms with Gasteiger partial charge >= 0.3 is 0 Å². The maximum Gasteiger partial charge on any atom is 0.254 e. The lowest BCUT2D eigenvalue weighted by atomic mass is 10.0. The second kappa shape index (κ2) is 5.81. The molecule has 1 rings (SSSR count). The first kappa shape index (κ1) is 15.1. The van der Waals surface area contributed by atoms with Crippen LogP contribution in [0.3, 0.4) is 0 Å². The molecule has 0 N–H and O–H groups in total. The first-order valence-electron chi connectivity index (χ1n) is 5.80. The first-order valence-corrected chi connectivity index (χ1v) is 5.80. The van der Waals surface area contributed by atoms with Crippen molar-refractivity contribution in [2.45, 2.75) is 19.4 Å². The van der Waals surface area contributed by atoms with E-state index in [1.807, 2.05) is 13.8 Å². The predicted octanol–water partition coefficient (Wildman–Crippen LogP) is 2.19. The fourth-order valence-corrected chi connectivity index (χ4v) is 1.66. The molecule has 1 amide bonds. The van der Waals surface area contributed by atoms with Gasteiger partial charge in [-0.2, -0.15) is 5.26 Å². The van der Waals surface area contributed by atoms with E-state index in [1.54, 1.807) is 20.2 Å². The summed E-state index contributed by atoms with van der Waals surface area (Å²) in [5, 5.41) is 8.77. The smallest absolute Gasteiger partial charge is 0.254 e. The van der Waals surface area contributed by atoms with Crippen molar-refractivity contribution in [3.8, 4) is 6.07 Å². The maximum atomic E-state index is 13.2. The molecule has 0 heterocycles. The molecule has 0 radical (unpaired) electrons. The number of nitriles is 1. The zero-order valence-corrected chi connectivity index (χ0v) is 11.5. The summed E-state index contributed by atoms with van der Waals surface area (Å²) < 4.78 is 18.3. The average molecular weight is 264 g/mol. The van der Waals surface area contributed by atoms with Crippen LogP contribution in [-0.2, 0) is 4.74 Å². The number of carbonyl (C=O) groups excluding carboxylic acids is 1. The number of ether oxygens (including phenoxy) is 1. The maximum absolute atomic E-state index is 13.2. The summed E-state index contributed by atoms with van der Waals surface area (Å²) in [5.41, 5.74) is -0.346. The lowest BCUT2D eigenvalue weighted by Gasteiger charge is -2.35. The Morgan fingerprint density at radius 1 is 1.53 bits per heavy atom. The highest BCUT2D eigenvalue weighted by Crippen LogP contribution is 2.18. The molecule has 0 spiro atoms. The zero-order chi connectivity index (χ0) is 14.6. The molecule has 0 aliphatic heterocycles. The van der Waals surface area contributed by atoms with Gasteiger partial charge in [-0.1, -0.05) is 0 Å². The van der Waals surface area contributed by atoms with E-state index in [0.717, 1.165) is 6.07 Å². The summed E-state index contributed by atoms with van der Waals surface area (Å²) in [6.45, 7) is 4.10. The lowest BCUT2D eigenvalue weighted by Crippen LogP contribution is -2.48. The summed E-state index contributed by atoms with van der Waals surface area (Å²) in [7, 11) is 3.21. The SMILES string of the molecule is COCC(C)(C)N(C)C(=O)c1ccc(F)c(C#N)c1. The number of benzene rings is 1. The summed E-state index contributed by atoms with van der Waals surface area (Å²) in [6, 6.07) is 5.48. The van der Waals surface area contributed by atoms with Gasteiger partial charge in [-0.3, -0.25) is 4.79 Å². The number of hydrogen-bond donors (Lipinski definition) is 0. The van der Waals surface area contributed by atoms with Gasteiger partial charge in [-0.15, -0.1) is 0 Å². The third-order valence-electron chi connectivity index (χ3n) is 3.04. The van der Waals surface area contributed by atoms with Crippen LogP contribution >= 0.6 is 0 Å². The Labute approximate surface area is 112 Å². The molecule has 102 valence electrons. The van der Waals surface area contributed by atoms with Crippen molar-refractivity contribution >= 4 is 5.91 Å². The summed E-state index contributed by atoms with van der Waals surface area (Å²) in [6.07, 6.45) is 0. The van der Waals surface area contributed by atoms with Crippen LogP contribution in [0.5, 0.6) is 0 Å². The Morgan fingerprint density at radius 2 is 2.16 bits per heavy atom. The second-order valence-electron chi connectivity index (χ2n) is 4.92. The number of hydrogen-bond acceptors (Lipinski definition) is 3. The number of methoxy groups -OCH3 is 1. The molecule has 0 saturated heterocycles. The van der Waals surface area contributed by atoms with E-state index in [-0.39, 0.29) is 17.0 Å². The van der Waals surface area contributed by atoms with E-state index in [1.165, 1.54) is 17.0 Å². The summed E-state index contributed by atoms with van der Waals surface area (Å²) in [4.78, 5) is 13.8. The van der Waals surface area contributed by atoms with Gasteiger partial charge in [0.2, 0.25) is 0 Å². The van der Waals surface area contributed by atoms with Crippen LogP contribution in [0.1, 0.15) is 29.8 Å². The molecule has 19 heavy (non-hydrogen) atoms. The minimum atomic E-state index is -0.627. The Hall–Kier alpha value is -1.93. The number of likely N-dealkylation sites (N-methyl/N-ethyl adjacent to an activating group) is 1. The van der Waals surface area contributed by atoms with E-state index in [2.05, 4.69) is 0 Å². The number of rotatable bonds is 4. The number of amides is 1. The number of halogens is 1. The molecule has 4 nitrogen and oxygen atoms in total. The van der Waals surface area contributed by atoms with E-state index < -0.39 is 11.4 Å². The third-order valence-corrected chi connectivity index (χ3v) is 3.04.